The van der Waals surface area contributed by atoms with E-state index in [1.807, 2.05) is 0 Å². The molecule has 0 bridgehead atoms. The van der Waals surface area contributed by atoms with E-state index in [1.165, 1.54) is 6.26 Å². The highest BCUT2D eigenvalue weighted by atomic mass is 19.4. The second kappa shape index (κ2) is 5.79. The number of nitriles is 2. The number of hydrogen-bond acceptors (Lipinski definition) is 4. The van der Waals surface area contributed by atoms with Gasteiger partial charge in [0.1, 0.15) is 5.75 Å². The Balaban J connectivity index is 3.30. The predicted molar refractivity (Wildman–Crippen MR) is 53.8 cm³/mol. The van der Waals surface area contributed by atoms with E-state index in [-0.39, 0.29) is 5.75 Å². The minimum absolute atomic E-state index is 0.325. The van der Waals surface area contributed by atoms with Crippen molar-refractivity contribution in [3.05, 3.63) is 23.8 Å². The average molecular weight is 310 g/mol. The van der Waals surface area contributed by atoms with Crippen LogP contribution in [0.5, 0.6) is 11.5 Å². The zero-order valence-electron chi connectivity index (χ0n) is 9.79. The molecule has 112 valence electrons. The molecule has 1 aromatic rings. The highest BCUT2D eigenvalue weighted by Gasteiger charge is 2.64. The summed E-state index contributed by atoms with van der Waals surface area (Å²) in [4.78, 5) is 0. The summed E-state index contributed by atoms with van der Waals surface area (Å²) >= 11 is 0. The number of nitrogens with zero attached hydrogens (tertiary/aromatic N) is 2. The first kappa shape index (κ1) is 16.4. The van der Waals surface area contributed by atoms with E-state index in [4.69, 9.17) is 10.5 Å². The summed E-state index contributed by atoms with van der Waals surface area (Å²) in [6.45, 7) is 0. The molecule has 4 nitrogen and oxygen atoms in total. The monoisotopic (exact) mass is 310 g/mol. The maximum Gasteiger partial charge on any atom is 0.456 e. The van der Waals surface area contributed by atoms with Gasteiger partial charge in [-0.15, -0.1) is 10.5 Å². The van der Waals surface area contributed by atoms with Crippen molar-refractivity contribution in [3.8, 4) is 24.0 Å². The molecule has 0 heterocycles. The standard InChI is InChI=1S/C11H4F6N2O2/c12-9(10(13,14)11(15,16)17)7-2-1-6(20-4-18)3-8(7)21-5-19/h1-3,9H. The molecule has 0 aliphatic carbocycles. The lowest BCUT2D eigenvalue weighted by Crippen LogP contribution is -2.40. The molecule has 0 aliphatic rings. The number of halogens is 6. The third kappa shape index (κ3) is 3.28. The summed E-state index contributed by atoms with van der Waals surface area (Å²) in [5.41, 5.74) is -1.20. The highest BCUT2D eigenvalue weighted by molar-refractivity contribution is 5.43. The van der Waals surface area contributed by atoms with Gasteiger partial charge in [-0.05, 0) is 12.1 Å². The van der Waals surface area contributed by atoms with Crippen LogP contribution in [0.1, 0.15) is 11.7 Å². The van der Waals surface area contributed by atoms with Crippen LogP contribution in [0.15, 0.2) is 18.2 Å². The average Bonchev–Trinajstić information content (AvgIpc) is 2.38. The molecule has 0 amide bonds. The molecular formula is C11H4F6N2O2. The van der Waals surface area contributed by atoms with Crippen molar-refractivity contribution in [1.29, 1.82) is 10.5 Å². The number of hydrogen-bond donors (Lipinski definition) is 0. The van der Waals surface area contributed by atoms with E-state index in [1.54, 1.807) is 0 Å². The Morgan fingerprint density at radius 2 is 1.57 bits per heavy atom. The molecule has 21 heavy (non-hydrogen) atoms. The predicted octanol–water partition coefficient (Wildman–Crippen LogP) is 3.61. The zero-order valence-corrected chi connectivity index (χ0v) is 9.79. The number of ether oxygens (including phenoxy) is 2. The SMILES string of the molecule is N#COc1ccc(C(F)C(F)(F)C(F)(F)F)c(OC#N)c1. The van der Waals surface area contributed by atoms with E-state index in [0.29, 0.717) is 12.1 Å². The minimum Gasteiger partial charge on any atom is -0.388 e. The van der Waals surface area contributed by atoms with Gasteiger partial charge in [0.25, 0.3) is 12.5 Å². The first-order valence-corrected chi connectivity index (χ1v) is 4.99. The maximum absolute atomic E-state index is 13.5. The van der Waals surface area contributed by atoms with Gasteiger partial charge in [0, 0.05) is 11.6 Å². The topological polar surface area (TPSA) is 66.0 Å². The number of rotatable bonds is 4. The third-order valence-electron chi connectivity index (χ3n) is 2.27. The van der Waals surface area contributed by atoms with Gasteiger partial charge in [-0.2, -0.15) is 22.0 Å². The van der Waals surface area contributed by atoms with Crippen LogP contribution in [-0.2, 0) is 0 Å². The van der Waals surface area contributed by atoms with E-state index in [0.717, 1.165) is 12.3 Å². The summed E-state index contributed by atoms with van der Waals surface area (Å²) in [7, 11) is 0. The van der Waals surface area contributed by atoms with Crippen LogP contribution in [0, 0.1) is 23.0 Å². The fourth-order valence-electron chi connectivity index (χ4n) is 1.32. The Bertz CT molecular complexity index is 602. The van der Waals surface area contributed by atoms with Crippen molar-refractivity contribution < 1.29 is 35.8 Å². The zero-order chi connectivity index (χ0) is 16.3. The normalized spacial score (nSPS) is 13.0. The molecule has 10 heteroatoms. The van der Waals surface area contributed by atoms with Gasteiger partial charge < -0.3 is 9.47 Å². The summed E-state index contributed by atoms with van der Waals surface area (Å²) in [6.07, 6.45) is -7.72. The smallest absolute Gasteiger partial charge is 0.388 e. The second-order valence-electron chi connectivity index (χ2n) is 3.57. The first-order valence-electron chi connectivity index (χ1n) is 4.99. The molecule has 0 saturated carbocycles. The van der Waals surface area contributed by atoms with Crippen LogP contribution in [0.4, 0.5) is 26.3 Å². The van der Waals surface area contributed by atoms with Crippen LogP contribution < -0.4 is 9.47 Å². The lowest BCUT2D eigenvalue weighted by atomic mass is 10.0. The van der Waals surface area contributed by atoms with Gasteiger partial charge in [0.05, 0.1) is 0 Å². The summed E-state index contributed by atoms with van der Waals surface area (Å²) in [5.74, 6) is -6.92. The molecule has 1 unspecified atom stereocenters. The van der Waals surface area contributed by atoms with E-state index < -0.39 is 29.6 Å². The molecule has 0 N–H and O–H groups in total. The molecule has 0 aliphatic heterocycles. The molecule has 0 radical (unpaired) electrons. The number of benzene rings is 1. The van der Waals surface area contributed by atoms with E-state index in [9.17, 15) is 26.3 Å². The Labute approximate surface area is 113 Å². The molecule has 1 atom stereocenters. The van der Waals surface area contributed by atoms with Crippen LogP contribution >= 0.6 is 0 Å². The molecule has 0 saturated heterocycles. The Morgan fingerprint density at radius 1 is 1.00 bits per heavy atom. The summed E-state index contributed by atoms with van der Waals surface area (Å²) in [6, 6.07) is 1.92. The Kier molecular flexibility index (Phi) is 4.53. The van der Waals surface area contributed by atoms with Crippen molar-refractivity contribution in [1.82, 2.24) is 0 Å². The molecule has 0 fully saturated rings. The second-order valence-corrected chi connectivity index (χ2v) is 3.57. The minimum atomic E-state index is -6.13. The summed E-state index contributed by atoms with van der Waals surface area (Å²) < 4.78 is 84.2. The lowest BCUT2D eigenvalue weighted by molar-refractivity contribution is -0.305. The van der Waals surface area contributed by atoms with Gasteiger partial charge in [0.2, 0.25) is 6.17 Å². The quantitative estimate of drug-likeness (QED) is 0.629. The van der Waals surface area contributed by atoms with Crippen molar-refractivity contribution in [3.63, 3.8) is 0 Å². The fourth-order valence-corrected chi connectivity index (χ4v) is 1.32. The molecule has 0 spiro atoms. The van der Waals surface area contributed by atoms with Crippen LogP contribution in [0.25, 0.3) is 0 Å². The van der Waals surface area contributed by atoms with Gasteiger partial charge in [-0.3, -0.25) is 0 Å². The fraction of sp³-hybridized carbons (Fsp3) is 0.273. The Hall–Kier alpha value is -2.62. The third-order valence-corrected chi connectivity index (χ3v) is 2.27. The van der Waals surface area contributed by atoms with Gasteiger partial charge in [-0.25, -0.2) is 4.39 Å². The van der Waals surface area contributed by atoms with Crippen LogP contribution in [0.2, 0.25) is 0 Å². The molecule has 1 rings (SSSR count). The molecule has 1 aromatic carbocycles. The van der Waals surface area contributed by atoms with Crippen molar-refractivity contribution in [2.24, 2.45) is 0 Å². The van der Waals surface area contributed by atoms with E-state index in [2.05, 4.69) is 9.47 Å². The van der Waals surface area contributed by atoms with Gasteiger partial charge in [0.15, 0.2) is 5.75 Å². The molecule has 0 aromatic heterocycles. The van der Waals surface area contributed by atoms with E-state index >= 15 is 0 Å². The van der Waals surface area contributed by atoms with Crippen molar-refractivity contribution >= 4 is 0 Å². The highest BCUT2D eigenvalue weighted by Crippen LogP contribution is 2.48. The first-order chi connectivity index (χ1) is 9.65. The largest absolute Gasteiger partial charge is 0.456 e. The number of alkyl halides is 6. The summed E-state index contributed by atoms with van der Waals surface area (Å²) in [5, 5.41) is 16.5. The van der Waals surface area contributed by atoms with Gasteiger partial charge >= 0.3 is 12.1 Å². The van der Waals surface area contributed by atoms with Gasteiger partial charge in [-0.1, -0.05) is 0 Å². The lowest BCUT2D eigenvalue weighted by Gasteiger charge is -2.24. The maximum atomic E-state index is 13.5. The van der Waals surface area contributed by atoms with Crippen molar-refractivity contribution in [2.45, 2.75) is 18.3 Å². The Morgan fingerprint density at radius 3 is 2.05 bits per heavy atom. The van der Waals surface area contributed by atoms with Crippen LogP contribution in [0.3, 0.4) is 0 Å². The van der Waals surface area contributed by atoms with Crippen LogP contribution in [-0.4, -0.2) is 12.1 Å². The molecular weight excluding hydrogens is 306 g/mol. The van der Waals surface area contributed by atoms with Crippen molar-refractivity contribution in [2.75, 3.05) is 0 Å².